The molecule has 1 N–H and O–H groups in total. The maximum absolute atomic E-state index is 10.2. The van der Waals surface area contributed by atoms with Crippen LogP contribution in [0.25, 0.3) is 0 Å². The minimum atomic E-state index is -0.0766. The molecule has 0 bridgehead atoms. The smallest absolute Gasteiger partial charge is 0.0577 e. The molecular formula is C27H46O. The van der Waals surface area contributed by atoms with Gasteiger partial charge in [-0.15, -0.1) is 0 Å². The Balaban J connectivity index is 1.49. The van der Waals surface area contributed by atoms with Gasteiger partial charge in [0.25, 0.3) is 0 Å². The molecule has 4 aliphatic rings. The van der Waals surface area contributed by atoms with Crippen LogP contribution >= 0.6 is 0 Å². The number of fused-ring (bicyclic) bond motifs is 5. The summed E-state index contributed by atoms with van der Waals surface area (Å²) in [6, 6.07) is 0. The molecule has 0 aromatic carbocycles. The van der Waals surface area contributed by atoms with Gasteiger partial charge >= 0.3 is 0 Å². The lowest BCUT2D eigenvalue weighted by Crippen LogP contribution is -2.50. The Morgan fingerprint density at radius 1 is 1.00 bits per heavy atom. The molecule has 4 rings (SSSR count). The molecule has 160 valence electrons. The van der Waals surface area contributed by atoms with E-state index in [1.54, 1.807) is 5.57 Å². The van der Waals surface area contributed by atoms with E-state index in [1.807, 2.05) is 0 Å². The SMILES string of the molecule is CC(C)CCCC(C)C1CC[C@H]2C3CC=C4C[C@@H](O)CC[C@]4(C)C3CC[C@]12C. The zero-order valence-corrected chi connectivity index (χ0v) is 19.3. The van der Waals surface area contributed by atoms with E-state index in [0.29, 0.717) is 10.8 Å². The largest absolute Gasteiger partial charge is 0.393 e. The van der Waals surface area contributed by atoms with Gasteiger partial charge in [-0.3, -0.25) is 0 Å². The average molecular weight is 387 g/mol. The van der Waals surface area contributed by atoms with Gasteiger partial charge < -0.3 is 5.11 Å². The molecular weight excluding hydrogens is 340 g/mol. The molecule has 1 heteroatoms. The molecule has 0 aromatic rings. The quantitative estimate of drug-likeness (QED) is 0.488. The first-order valence-corrected chi connectivity index (χ1v) is 12.6. The average Bonchev–Trinajstić information content (AvgIpc) is 2.99. The Morgan fingerprint density at radius 3 is 2.54 bits per heavy atom. The van der Waals surface area contributed by atoms with Gasteiger partial charge in [0, 0.05) is 0 Å². The molecule has 0 heterocycles. The predicted molar refractivity (Wildman–Crippen MR) is 119 cm³/mol. The fourth-order valence-corrected chi connectivity index (χ4v) is 8.67. The van der Waals surface area contributed by atoms with Crippen molar-refractivity contribution < 1.29 is 5.11 Å². The Kier molecular flexibility index (Phi) is 5.80. The van der Waals surface area contributed by atoms with Gasteiger partial charge in [0.1, 0.15) is 0 Å². The number of hydrogen-bond acceptors (Lipinski definition) is 1. The molecule has 3 saturated carbocycles. The van der Waals surface area contributed by atoms with Gasteiger partial charge in [-0.2, -0.15) is 0 Å². The maximum Gasteiger partial charge on any atom is 0.0577 e. The molecule has 0 aromatic heterocycles. The first-order valence-electron chi connectivity index (χ1n) is 12.6. The highest BCUT2D eigenvalue weighted by Gasteiger charge is 2.59. The molecule has 0 radical (unpaired) electrons. The van der Waals surface area contributed by atoms with Crippen LogP contribution < -0.4 is 0 Å². The van der Waals surface area contributed by atoms with Crippen LogP contribution in [0.15, 0.2) is 11.6 Å². The lowest BCUT2D eigenvalue weighted by atomic mass is 9.47. The molecule has 4 unspecified atom stereocenters. The van der Waals surface area contributed by atoms with Crippen LogP contribution in [0.3, 0.4) is 0 Å². The fraction of sp³-hybridized carbons (Fsp3) is 0.926. The lowest BCUT2D eigenvalue weighted by molar-refractivity contribution is -0.0573. The van der Waals surface area contributed by atoms with Crippen molar-refractivity contribution in [3.05, 3.63) is 11.6 Å². The van der Waals surface area contributed by atoms with E-state index in [9.17, 15) is 5.11 Å². The molecule has 0 spiro atoms. The summed E-state index contributed by atoms with van der Waals surface area (Å²) in [7, 11) is 0. The van der Waals surface area contributed by atoms with Crippen molar-refractivity contribution in [3.8, 4) is 0 Å². The summed E-state index contributed by atoms with van der Waals surface area (Å²) in [6.07, 6.45) is 17.2. The maximum atomic E-state index is 10.2. The first-order chi connectivity index (χ1) is 13.3. The third kappa shape index (κ3) is 3.42. The van der Waals surface area contributed by atoms with Gasteiger partial charge in [0.2, 0.25) is 0 Å². The van der Waals surface area contributed by atoms with Crippen LogP contribution in [0, 0.1) is 46.3 Å². The molecule has 4 aliphatic carbocycles. The minimum absolute atomic E-state index is 0.0766. The van der Waals surface area contributed by atoms with E-state index in [-0.39, 0.29) is 6.10 Å². The number of hydrogen-bond donors (Lipinski definition) is 1. The highest BCUT2D eigenvalue weighted by atomic mass is 16.3. The van der Waals surface area contributed by atoms with Crippen molar-refractivity contribution in [1.29, 1.82) is 0 Å². The summed E-state index contributed by atoms with van der Waals surface area (Å²) < 4.78 is 0. The summed E-state index contributed by atoms with van der Waals surface area (Å²) in [6.45, 7) is 12.6. The Labute approximate surface area is 174 Å². The van der Waals surface area contributed by atoms with Gasteiger partial charge in [-0.05, 0) is 97.7 Å². The van der Waals surface area contributed by atoms with Crippen LogP contribution in [0.5, 0.6) is 0 Å². The summed E-state index contributed by atoms with van der Waals surface area (Å²) in [5, 5.41) is 10.2. The van der Waals surface area contributed by atoms with Gasteiger partial charge in [0.05, 0.1) is 6.10 Å². The zero-order chi connectivity index (χ0) is 20.1. The molecule has 0 saturated heterocycles. The van der Waals surface area contributed by atoms with Gasteiger partial charge in [-0.1, -0.05) is 65.5 Å². The minimum Gasteiger partial charge on any atom is -0.393 e. The summed E-state index contributed by atoms with van der Waals surface area (Å²) >= 11 is 0. The number of aliphatic hydroxyl groups excluding tert-OH is 1. The summed E-state index contributed by atoms with van der Waals surface area (Å²) in [4.78, 5) is 0. The van der Waals surface area contributed by atoms with Crippen molar-refractivity contribution in [1.82, 2.24) is 0 Å². The highest BCUT2D eigenvalue weighted by molar-refractivity contribution is 5.25. The highest BCUT2D eigenvalue weighted by Crippen LogP contribution is 2.67. The van der Waals surface area contributed by atoms with Crippen LogP contribution in [-0.4, -0.2) is 11.2 Å². The second-order valence-corrected chi connectivity index (χ2v) is 12.2. The van der Waals surface area contributed by atoms with Crippen molar-refractivity contribution in [2.24, 2.45) is 46.3 Å². The third-order valence-electron chi connectivity index (χ3n) is 10.3. The Hall–Kier alpha value is -0.300. The predicted octanol–water partition coefficient (Wildman–Crippen LogP) is 7.39. The molecule has 8 atom stereocenters. The van der Waals surface area contributed by atoms with E-state index in [0.717, 1.165) is 48.3 Å². The molecule has 3 fully saturated rings. The molecule has 28 heavy (non-hydrogen) atoms. The first kappa shape index (κ1) is 21.0. The van der Waals surface area contributed by atoms with Gasteiger partial charge in [-0.25, -0.2) is 0 Å². The Morgan fingerprint density at radius 2 is 1.79 bits per heavy atom. The second kappa shape index (κ2) is 7.75. The lowest BCUT2D eigenvalue weighted by Gasteiger charge is -2.58. The standard InChI is InChI=1S/C27H46O/c1-18(2)7-6-8-19(3)23-11-12-24-22-10-9-20-17-21(28)13-15-26(20,4)25(22)14-16-27(23,24)5/h9,18-19,21-25,28H,6-8,10-17H2,1-5H3/t19?,21-,22?,23?,24-,25?,26-,27+/m0/s1. The number of allylic oxidation sites excluding steroid dienone is 1. The molecule has 0 aliphatic heterocycles. The number of aliphatic hydroxyl groups is 1. The summed E-state index contributed by atoms with van der Waals surface area (Å²) in [5.74, 6) is 5.46. The van der Waals surface area contributed by atoms with Crippen molar-refractivity contribution in [3.63, 3.8) is 0 Å². The van der Waals surface area contributed by atoms with E-state index >= 15 is 0 Å². The van der Waals surface area contributed by atoms with E-state index in [1.165, 1.54) is 57.8 Å². The van der Waals surface area contributed by atoms with Crippen molar-refractivity contribution >= 4 is 0 Å². The van der Waals surface area contributed by atoms with Crippen molar-refractivity contribution in [2.75, 3.05) is 0 Å². The monoisotopic (exact) mass is 386 g/mol. The van der Waals surface area contributed by atoms with Gasteiger partial charge in [0.15, 0.2) is 0 Å². The van der Waals surface area contributed by atoms with Crippen LogP contribution in [0.4, 0.5) is 0 Å². The Bertz CT molecular complexity index is 591. The van der Waals surface area contributed by atoms with Crippen LogP contribution in [0.1, 0.15) is 105 Å². The van der Waals surface area contributed by atoms with E-state index in [4.69, 9.17) is 0 Å². The summed E-state index contributed by atoms with van der Waals surface area (Å²) in [5.41, 5.74) is 2.60. The topological polar surface area (TPSA) is 20.2 Å². The normalized spacial score (nSPS) is 46.5. The van der Waals surface area contributed by atoms with E-state index in [2.05, 4.69) is 40.7 Å². The van der Waals surface area contributed by atoms with E-state index < -0.39 is 0 Å². The van der Waals surface area contributed by atoms with Crippen LogP contribution in [-0.2, 0) is 0 Å². The molecule has 1 nitrogen and oxygen atoms in total. The van der Waals surface area contributed by atoms with Crippen molar-refractivity contribution in [2.45, 2.75) is 111 Å². The molecule has 0 amide bonds. The fourth-order valence-electron chi connectivity index (χ4n) is 8.67. The third-order valence-corrected chi connectivity index (χ3v) is 10.3. The number of rotatable bonds is 5. The second-order valence-electron chi connectivity index (χ2n) is 12.2. The van der Waals surface area contributed by atoms with Crippen LogP contribution in [0.2, 0.25) is 0 Å². The zero-order valence-electron chi connectivity index (χ0n) is 19.3.